The zero-order valence-corrected chi connectivity index (χ0v) is 11.3. The summed E-state index contributed by atoms with van der Waals surface area (Å²) in [4.78, 5) is 24.5. The van der Waals surface area contributed by atoms with Crippen LogP contribution in [0.2, 0.25) is 0 Å². The summed E-state index contributed by atoms with van der Waals surface area (Å²) in [6, 6.07) is 1.38. The van der Waals surface area contributed by atoms with Crippen LogP contribution >= 0.6 is 0 Å². The smallest absolute Gasteiger partial charge is 0.337 e. The lowest BCUT2D eigenvalue weighted by molar-refractivity contribution is -0.158. The van der Waals surface area contributed by atoms with Crippen LogP contribution in [0.25, 0.3) is 0 Å². The number of aliphatic hydroxyl groups is 1. The minimum Gasteiger partial charge on any atom is -0.479 e. The number of nitrogens with zero attached hydrogens (tertiary/aromatic N) is 3. The summed E-state index contributed by atoms with van der Waals surface area (Å²) >= 11 is 0. The Balaban J connectivity index is 2.96. The van der Waals surface area contributed by atoms with E-state index in [1.54, 1.807) is 0 Å². The number of rotatable bonds is 6. The summed E-state index contributed by atoms with van der Waals surface area (Å²) in [5.74, 6) is -1.40. The molecule has 0 bridgehead atoms. The number of carbonyl (C=O) groups is 1. The number of aliphatic carboxylic acids is 1. The van der Waals surface area contributed by atoms with Gasteiger partial charge in [0.15, 0.2) is 5.60 Å². The lowest BCUT2D eigenvalue weighted by atomic mass is 10.1. The molecule has 0 radical (unpaired) electrons. The van der Waals surface area contributed by atoms with E-state index in [1.165, 1.54) is 12.3 Å². The summed E-state index contributed by atoms with van der Waals surface area (Å²) < 4.78 is 0.942. The molecule has 0 spiro atoms. The van der Waals surface area contributed by atoms with Gasteiger partial charge >= 0.3 is 5.97 Å². The maximum absolute atomic E-state index is 11.8. The highest BCUT2D eigenvalue weighted by atomic mass is 16.4. The van der Waals surface area contributed by atoms with Crippen molar-refractivity contribution in [3.05, 3.63) is 22.6 Å². The molecule has 0 aliphatic carbocycles. The highest BCUT2D eigenvalue weighted by Gasteiger charge is 2.31. The van der Waals surface area contributed by atoms with Crippen LogP contribution in [0, 0.1) is 0 Å². The summed E-state index contributed by atoms with van der Waals surface area (Å²) in [6.45, 7) is 3.55. The molecule has 0 aliphatic heterocycles. The molecule has 0 aliphatic rings. The zero-order chi connectivity index (χ0) is 14.6. The average Bonchev–Trinajstić information content (AvgIpc) is 2.31. The third-order valence-electron chi connectivity index (χ3n) is 2.77. The van der Waals surface area contributed by atoms with Gasteiger partial charge in [-0.3, -0.25) is 4.79 Å². The first-order valence-electron chi connectivity index (χ1n) is 6.02. The van der Waals surface area contributed by atoms with Crippen LogP contribution < -0.4 is 10.5 Å². The molecule has 1 rings (SSSR count). The van der Waals surface area contributed by atoms with E-state index in [9.17, 15) is 14.7 Å². The standard InChI is InChI=1S/C12H19N3O4/c1-4-5-14(3)9-6-10(16)15(13-7-9)8-12(2,19)11(17)18/h6-7,19H,4-5,8H2,1-3H3,(H,17,18). The van der Waals surface area contributed by atoms with Gasteiger partial charge in [-0.15, -0.1) is 0 Å². The molecule has 0 saturated carbocycles. The molecule has 1 aromatic rings. The third kappa shape index (κ3) is 3.78. The number of carboxylic acids is 1. The Bertz CT molecular complexity index is 510. The van der Waals surface area contributed by atoms with E-state index in [0.717, 1.165) is 24.6 Å². The van der Waals surface area contributed by atoms with Crippen LogP contribution in [-0.2, 0) is 11.3 Å². The molecule has 7 heteroatoms. The molecule has 19 heavy (non-hydrogen) atoms. The summed E-state index contributed by atoms with van der Waals surface area (Å²) in [6.07, 6.45) is 2.42. The Morgan fingerprint density at radius 1 is 1.58 bits per heavy atom. The monoisotopic (exact) mass is 269 g/mol. The van der Waals surface area contributed by atoms with Gasteiger partial charge in [-0.05, 0) is 13.3 Å². The van der Waals surface area contributed by atoms with Gasteiger partial charge < -0.3 is 15.1 Å². The van der Waals surface area contributed by atoms with E-state index >= 15 is 0 Å². The molecular weight excluding hydrogens is 250 g/mol. The van der Waals surface area contributed by atoms with Gasteiger partial charge in [0.1, 0.15) is 0 Å². The van der Waals surface area contributed by atoms with Crippen LogP contribution in [-0.4, -0.2) is 45.2 Å². The predicted octanol–water partition coefficient (Wildman–Crippen LogP) is -0.0749. The number of aromatic nitrogens is 2. The minimum atomic E-state index is -2.02. The van der Waals surface area contributed by atoms with Crippen LogP contribution in [0.4, 0.5) is 5.69 Å². The summed E-state index contributed by atoms with van der Waals surface area (Å²) in [5.41, 5.74) is -1.80. The Morgan fingerprint density at radius 2 is 2.21 bits per heavy atom. The predicted molar refractivity (Wildman–Crippen MR) is 70.3 cm³/mol. The molecule has 0 amide bonds. The zero-order valence-electron chi connectivity index (χ0n) is 11.3. The van der Waals surface area contributed by atoms with Crippen LogP contribution in [0.15, 0.2) is 17.1 Å². The summed E-state index contributed by atoms with van der Waals surface area (Å²) in [7, 11) is 1.84. The Hall–Kier alpha value is -1.89. The maximum Gasteiger partial charge on any atom is 0.337 e. The molecule has 1 unspecified atom stereocenters. The van der Waals surface area contributed by atoms with E-state index in [4.69, 9.17) is 5.11 Å². The van der Waals surface area contributed by atoms with E-state index in [0.29, 0.717) is 5.69 Å². The van der Waals surface area contributed by atoms with Crippen molar-refractivity contribution in [3.8, 4) is 0 Å². The van der Waals surface area contributed by atoms with Gasteiger partial charge in [-0.1, -0.05) is 6.92 Å². The molecule has 1 heterocycles. The van der Waals surface area contributed by atoms with Crippen molar-refractivity contribution in [1.82, 2.24) is 9.78 Å². The highest BCUT2D eigenvalue weighted by Crippen LogP contribution is 2.09. The number of anilines is 1. The van der Waals surface area contributed by atoms with Crippen LogP contribution in [0.3, 0.4) is 0 Å². The second kappa shape index (κ2) is 5.83. The minimum absolute atomic E-state index is 0.390. The molecule has 1 aromatic heterocycles. The molecule has 7 nitrogen and oxygen atoms in total. The fraction of sp³-hybridized carbons (Fsp3) is 0.583. The highest BCUT2D eigenvalue weighted by molar-refractivity contribution is 5.76. The number of hydrogen-bond donors (Lipinski definition) is 2. The van der Waals surface area contributed by atoms with Crippen molar-refractivity contribution < 1.29 is 15.0 Å². The average molecular weight is 269 g/mol. The number of hydrogen-bond acceptors (Lipinski definition) is 5. The maximum atomic E-state index is 11.8. The van der Waals surface area contributed by atoms with Gasteiger partial charge in [-0.2, -0.15) is 5.10 Å². The normalized spacial score (nSPS) is 13.9. The van der Waals surface area contributed by atoms with Gasteiger partial charge in [0.2, 0.25) is 0 Å². The van der Waals surface area contributed by atoms with Gasteiger partial charge in [0.05, 0.1) is 18.4 Å². The molecule has 0 aromatic carbocycles. The van der Waals surface area contributed by atoms with Crippen molar-refractivity contribution in [2.45, 2.75) is 32.4 Å². The van der Waals surface area contributed by atoms with Crippen molar-refractivity contribution >= 4 is 11.7 Å². The summed E-state index contributed by atoms with van der Waals surface area (Å²) in [5, 5.41) is 22.3. The second-order valence-electron chi connectivity index (χ2n) is 4.71. The van der Waals surface area contributed by atoms with E-state index in [2.05, 4.69) is 5.10 Å². The molecule has 1 atom stereocenters. The van der Waals surface area contributed by atoms with E-state index in [1.807, 2.05) is 18.9 Å². The lowest BCUT2D eigenvalue weighted by Gasteiger charge is -2.20. The number of carboxylic acid groups (broad SMARTS) is 1. The van der Waals surface area contributed by atoms with E-state index < -0.39 is 17.1 Å². The first-order valence-corrected chi connectivity index (χ1v) is 6.02. The van der Waals surface area contributed by atoms with Crippen molar-refractivity contribution in [2.24, 2.45) is 0 Å². The lowest BCUT2D eigenvalue weighted by Crippen LogP contribution is -2.43. The Labute approximate surface area is 111 Å². The molecule has 106 valence electrons. The van der Waals surface area contributed by atoms with Gasteiger partial charge in [0, 0.05) is 19.7 Å². The Morgan fingerprint density at radius 3 is 2.68 bits per heavy atom. The van der Waals surface area contributed by atoms with E-state index in [-0.39, 0.29) is 6.54 Å². The van der Waals surface area contributed by atoms with Gasteiger partial charge in [-0.25, -0.2) is 9.48 Å². The van der Waals surface area contributed by atoms with Crippen LogP contribution in [0.5, 0.6) is 0 Å². The molecule has 0 fully saturated rings. The molecule has 2 N–H and O–H groups in total. The second-order valence-corrected chi connectivity index (χ2v) is 4.71. The molecule has 0 saturated heterocycles. The van der Waals surface area contributed by atoms with Crippen LogP contribution in [0.1, 0.15) is 20.3 Å². The first-order chi connectivity index (χ1) is 8.77. The SMILES string of the molecule is CCCN(C)c1cnn(CC(C)(O)C(=O)O)c(=O)c1. The fourth-order valence-corrected chi connectivity index (χ4v) is 1.58. The first kappa shape index (κ1) is 15.2. The molecular formula is C12H19N3O4. The van der Waals surface area contributed by atoms with Gasteiger partial charge in [0.25, 0.3) is 5.56 Å². The van der Waals surface area contributed by atoms with Crippen molar-refractivity contribution in [1.29, 1.82) is 0 Å². The third-order valence-corrected chi connectivity index (χ3v) is 2.77. The Kier molecular flexibility index (Phi) is 4.66. The quantitative estimate of drug-likeness (QED) is 0.750. The topological polar surface area (TPSA) is 95.7 Å². The fourth-order valence-electron chi connectivity index (χ4n) is 1.58. The van der Waals surface area contributed by atoms with Crippen molar-refractivity contribution in [3.63, 3.8) is 0 Å². The van der Waals surface area contributed by atoms with Crippen molar-refractivity contribution in [2.75, 3.05) is 18.5 Å². The largest absolute Gasteiger partial charge is 0.479 e.